The molecule has 2 aromatic heterocycles. The SMILES string of the molecule is C(#Cc1ccc(NCCN(Cc2ccccn2)Cc2ccccn2)cc1)c1ccccc1. The molecule has 4 aromatic rings. The lowest BCUT2D eigenvalue weighted by Gasteiger charge is -2.22. The smallest absolute Gasteiger partial charge is 0.0544 e. The normalized spacial score (nSPS) is 10.4. The van der Waals surface area contributed by atoms with Gasteiger partial charge in [-0.1, -0.05) is 42.2 Å². The molecule has 4 rings (SSSR count). The van der Waals surface area contributed by atoms with E-state index in [9.17, 15) is 0 Å². The van der Waals surface area contributed by atoms with Crippen molar-refractivity contribution in [1.82, 2.24) is 14.9 Å². The van der Waals surface area contributed by atoms with E-state index in [1.165, 1.54) is 0 Å². The Balaban J connectivity index is 1.33. The lowest BCUT2D eigenvalue weighted by atomic mass is 10.1. The van der Waals surface area contributed by atoms with Gasteiger partial charge in [-0.25, -0.2) is 0 Å². The number of aromatic nitrogens is 2. The van der Waals surface area contributed by atoms with Crippen LogP contribution in [0, 0.1) is 11.8 Å². The van der Waals surface area contributed by atoms with Gasteiger partial charge in [0.05, 0.1) is 11.4 Å². The third-order valence-electron chi connectivity index (χ3n) is 4.99. The molecule has 0 amide bonds. The van der Waals surface area contributed by atoms with Crippen molar-refractivity contribution in [3.8, 4) is 11.8 Å². The summed E-state index contributed by atoms with van der Waals surface area (Å²) in [7, 11) is 0. The number of nitrogens with zero attached hydrogens (tertiary/aromatic N) is 3. The van der Waals surface area contributed by atoms with Gasteiger partial charge in [0.25, 0.3) is 0 Å². The van der Waals surface area contributed by atoms with Crippen molar-refractivity contribution < 1.29 is 0 Å². The van der Waals surface area contributed by atoms with Crippen LogP contribution in [0.25, 0.3) is 0 Å². The first-order valence-corrected chi connectivity index (χ1v) is 10.8. The molecular weight excluding hydrogens is 392 g/mol. The second-order valence-corrected chi connectivity index (χ2v) is 7.47. The average Bonchev–Trinajstić information content (AvgIpc) is 2.85. The Kier molecular flexibility index (Phi) is 7.62. The Labute approximate surface area is 190 Å². The highest BCUT2D eigenvalue weighted by Crippen LogP contribution is 2.10. The van der Waals surface area contributed by atoms with Gasteiger partial charge in [-0.2, -0.15) is 0 Å². The average molecular weight is 419 g/mol. The molecule has 0 spiro atoms. The van der Waals surface area contributed by atoms with Crippen LogP contribution in [0.15, 0.2) is 103 Å². The predicted molar refractivity (Wildman–Crippen MR) is 130 cm³/mol. The van der Waals surface area contributed by atoms with Crippen LogP contribution in [0.4, 0.5) is 5.69 Å². The summed E-state index contributed by atoms with van der Waals surface area (Å²) in [5.74, 6) is 6.41. The highest BCUT2D eigenvalue weighted by atomic mass is 15.1. The fourth-order valence-corrected chi connectivity index (χ4v) is 3.35. The van der Waals surface area contributed by atoms with E-state index >= 15 is 0 Å². The standard InChI is InChI=1S/C28H26N4/c1-2-8-24(9-3-1)12-13-25-14-16-26(17-15-25)31-20-21-32(22-27-10-4-6-18-29-27)23-28-11-5-7-19-30-28/h1-11,14-19,31H,20-23H2. The lowest BCUT2D eigenvalue weighted by molar-refractivity contribution is 0.261. The van der Waals surface area contributed by atoms with Crippen LogP contribution in [0.2, 0.25) is 0 Å². The summed E-state index contributed by atoms with van der Waals surface area (Å²) in [5, 5.41) is 3.52. The number of anilines is 1. The Morgan fingerprint density at radius 1 is 0.625 bits per heavy atom. The zero-order chi connectivity index (χ0) is 21.8. The molecule has 0 aliphatic carbocycles. The van der Waals surface area contributed by atoms with Crippen molar-refractivity contribution in [2.75, 3.05) is 18.4 Å². The molecule has 0 saturated carbocycles. The highest BCUT2D eigenvalue weighted by molar-refractivity contribution is 5.50. The van der Waals surface area contributed by atoms with Gasteiger partial charge in [0.1, 0.15) is 0 Å². The second-order valence-electron chi connectivity index (χ2n) is 7.47. The molecule has 2 heterocycles. The molecule has 0 bridgehead atoms. The maximum atomic E-state index is 4.48. The monoisotopic (exact) mass is 418 g/mol. The van der Waals surface area contributed by atoms with Gasteiger partial charge in [0.15, 0.2) is 0 Å². The molecule has 0 fully saturated rings. The van der Waals surface area contributed by atoms with Gasteiger partial charge >= 0.3 is 0 Å². The summed E-state index contributed by atoms with van der Waals surface area (Å²) in [4.78, 5) is 11.3. The molecule has 4 nitrogen and oxygen atoms in total. The van der Waals surface area contributed by atoms with Crippen LogP contribution in [-0.2, 0) is 13.1 Å². The van der Waals surface area contributed by atoms with Crippen molar-refractivity contribution in [2.45, 2.75) is 13.1 Å². The maximum Gasteiger partial charge on any atom is 0.0544 e. The minimum Gasteiger partial charge on any atom is -0.384 e. The molecule has 4 heteroatoms. The van der Waals surface area contributed by atoms with Crippen LogP contribution in [0.5, 0.6) is 0 Å². The Bertz CT molecular complexity index is 1090. The summed E-state index contributed by atoms with van der Waals surface area (Å²) in [6.07, 6.45) is 3.68. The summed E-state index contributed by atoms with van der Waals surface area (Å²) in [6.45, 7) is 3.28. The van der Waals surface area contributed by atoms with Crippen LogP contribution in [0.3, 0.4) is 0 Å². The fraction of sp³-hybridized carbons (Fsp3) is 0.143. The molecular formula is C28H26N4. The van der Waals surface area contributed by atoms with Crippen molar-refractivity contribution in [3.05, 3.63) is 126 Å². The van der Waals surface area contributed by atoms with E-state index in [2.05, 4.69) is 68.4 Å². The highest BCUT2D eigenvalue weighted by Gasteiger charge is 2.08. The Morgan fingerprint density at radius 2 is 1.19 bits per heavy atom. The first-order valence-electron chi connectivity index (χ1n) is 10.8. The van der Waals surface area contributed by atoms with Crippen LogP contribution in [0.1, 0.15) is 22.5 Å². The van der Waals surface area contributed by atoms with Crippen LogP contribution in [-0.4, -0.2) is 28.0 Å². The number of hydrogen-bond donors (Lipinski definition) is 1. The van der Waals surface area contributed by atoms with E-state index in [0.29, 0.717) is 0 Å². The van der Waals surface area contributed by atoms with E-state index in [-0.39, 0.29) is 0 Å². The van der Waals surface area contributed by atoms with Crippen molar-refractivity contribution in [3.63, 3.8) is 0 Å². The second kappa shape index (κ2) is 11.5. The minimum atomic E-state index is 0.785. The molecule has 0 saturated heterocycles. The molecule has 0 radical (unpaired) electrons. The third kappa shape index (κ3) is 6.80. The van der Waals surface area contributed by atoms with Gasteiger partial charge in [-0.3, -0.25) is 14.9 Å². The van der Waals surface area contributed by atoms with Gasteiger partial charge in [-0.05, 0) is 60.7 Å². The molecule has 158 valence electrons. The molecule has 0 atom stereocenters. The summed E-state index contributed by atoms with van der Waals surface area (Å²) in [5.41, 5.74) is 5.24. The Morgan fingerprint density at radius 3 is 1.75 bits per heavy atom. The number of hydrogen-bond acceptors (Lipinski definition) is 4. The third-order valence-corrected chi connectivity index (χ3v) is 4.99. The first kappa shape index (κ1) is 21.3. The molecule has 32 heavy (non-hydrogen) atoms. The number of rotatable bonds is 8. The predicted octanol–water partition coefficient (Wildman–Crippen LogP) is 4.99. The summed E-state index contributed by atoms with van der Waals surface area (Å²) < 4.78 is 0. The zero-order valence-electron chi connectivity index (χ0n) is 18.0. The van der Waals surface area contributed by atoms with Gasteiger partial charge in [0, 0.05) is 55.4 Å². The van der Waals surface area contributed by atoms with E-state index in [1.54, 1.807) is 0 Å². The number of pyridine rings is 2. The summed E-state index contributed by atoms with van der Waals surface area (Å²) >= 11 is 0. The van der Waals surface area contributed by atoms with E-state index < -0.39 is 0 Å². The fourth-order valence-electron chi connectivity index (χ4n) is 3.35. The topological polar surface area (TPSA) is 41.0 Å². The Hall–Kier alpha value is -3.94. The molecule has 0 aliphatic rings. The first-order chi connectivity index (χ1) is 15.8. The van der Waals surface area contributed by atoms with E-state index in [1.807, 2.05) is 67.0 Å². The van der Waals surface area contributed by atoms with Gasteiger partial charge in [-0.15, -0.1) is 0 Å². The number of nitrogens with one attached hydrogen (secondary N) is 1. The van der Waals surface area contributed by atoms with Crippen molar-refractivity contribution in [1.29, 1.82) is 0 Å². The quantitative estimate of drug-likeness (QED) is 0.409. The molecule has 1 N–H and O–H groups in total. The minimum absolute atomic E-state index is 0.785. The van der Waals surface area contributed by atoms with Gasteiger partial charge < -0.3 is 5.32 Å². The summed E-state index contributed by atoms with van der Waals surface area (Å²) in [6, 6.07) is 30.4. The van der Waals surface area contributed by atoms with Crippen molar-refractivity contribution in [2.24, 2.45) is 0 Å². The van der Waals surface area contributed by atoms with Crippen molar-refractivity contribution >= 4 is 5.69 Å². The van der Waals surface area contributed by atoms with Crippen LogP contribution >= 0.6 is 0 Å². The maximum absolute atomic E-state index is 4.48. The zero-order valence-corrected chi connectivity index (χ0v) is 18.0. The molecule has 0 aliphatic heterocycles. The molecule has 2 aromatic carbocycles. The number of benzene rings is 2. The van der Waals surface area contributed by atoms with E-state index in [0.717, 1.165) is 54.4 Å². The van der Waals surface area contributed by atoms with Gasteiger partial charge in [0.2, 0.25) is 0 Å². The lowest BCUT2D eigenvalue weighted by Crippen LogP contribution is -2.29. The van der Waals surface area contributed by atoms with Crippen LogP contribution < -0.4 is 5.32 Å². The molecule has 0 unspecified atom stereocenters. The largest absolute Gasteiger partial charge is 0.384 e. The van der Waals surface area contributed by atoms with E-state index in [4.69, 9.17) is 0 Å².